The Bertz CT molecular complexity index is 809. The van der Waals surface area contributed by atoms with Crippen molar-refractivity contribution in [2.75, 3.05) is 33.3 Å². The first kappa shape index (κ1) is 19.5. The normalized spacial score (nSPS) is 19.6. The second-order valence-corrected chi connectivity index (χ2v) is 7.73. The lowest BCUT2D eigenvalue weighted by atomic mass is 10.0. The lowest BCUT2D eigenvalue weighted by Crippen LogP contribution is -2.50. The summed E-state index contributed by atoms with van der Waals surface area (Å²) in [6.07, 6.45) is 5.42. The number of fused-ring (bicyclic) bond motifs is 1. The van der Waals surface area contributed by atoms with Crippen molar-refractivity contribution in [1.29, 1.82) is 0 Å². The monoisotopic (exact) mass is 396 g/mol. The molecule has 1 N–H and O–H groups in total. The van der Waals surface area contributed by atoms with Gasteiger partial charge in [-0.2, -0.15) is 0 Å². The topological polar surface area (TPSA) is 66.9 Å². The zero-order valence-electron chi connectivity index (χ0n) is 16.8. The number of para-hydroxylation sites is 2. The van der Waals surface area contributed by atoms with Crippen LogP contribution in [-0.4, -0.2) is 66.2 Å². The Morgan fingerprint density at radius 3 is 2.66 bits per heavy atom. The third-order valence-corrected chi connectivity index (χ3v) is 5.46. The quantitative estimate of drug-likeness (QED) is 0.841. The molecule has 7 heteroatoms. The molecule has 4 rings (SSSR count). The first-order valence-electron chi connectivity index (χ1n) is 10.2. The summed E-state index contributed by atoms with van der Waals surface area (Å²) in [5.41, 5.74) is 1.28. The Balaban J connectivity index is 1.20. The van der Waals surface area contributed by atoms with Crippen molar-refractivity contribution < 1.29 is 14.3 Å². The fraction of sp³-hybridized carbons (Fsp3) is 0.455. The predicted octanol–water partition coefficient (Wildman–Crippen LogP) is 2.53. The molecule has 0 radical (unpaired) electrons. The fourth-order valence-corrected chi connectivity index (χ4v) is 3.81. The number of amides is 2. The van der Waals surface area contributed by atoms with Crippen molar-refractivity contribution in [3.8, 4) is 11.5 Å². The minimum absolute atomic E-state index is 0.0555. The molecule has 1 fully saturated rings. The minimum atomic E-state index is -0.164. The van der Waals surface area contributed by atoms with Gasteiger partial charge in [0.1, 0.15) is 6.61 Å². The molecule has 29 heavy (non-hydrogen) atoms. The molecule has 2 amide bonds. The summed E-state index contributed by atoms with van der Waals surface area (Å²) < 4.78 is 11.7. The number of carbonyl (C=O) groups is 1. The number of hydrogen-bond acceptors (Lipinski definition) is 5. The molecule has 1 aromatic carbocycles. The molecule has 2 aliphatic heterocycles. The van der Waals surface area contributed by atoms with Crippen LogP contribution in [0.4, 0.5) is 4.79 Å². The Hall–Kier alpha value is -2.80. The number of ether oxygens (including phenoxy) is 2. The van der Waals surface area contributed by atoms with Crippen molar-refractivity contribution in [3.63, 3.8) is 0 Å². The van der Waals surface area contributed by atoms with Crippen molar-refractivity contribution in [2.45, 2.75) is 31.5 Å². The molecule has 1 saturated heterocycles. The summed E-state index contributed by atoms with van der Waals surface area (Å²) in [5.74, 6) is 1.49. The smallest absolute Gasteiger partial charge is 0.317 e. The highest BCUT2D eigenvalue weighted by molar-refractivity contribution is 5.74. The van der Waals surface area contributed by atoms with Crippen LogP contribution in [0.25, 0.3) is 0 Å². The van der Waals surface area contributed by atoms with Gasteiger partial charge in [0.05, 0.1) is 6.54 Å². The van der Waals surface area contributed by atoms with Crippen molar-refractivity contribution in [2.24, 2.45) is 0 Å². The maximum atomic E-state index is 12.6. The Labute approximate surface area is 171 Å². The molecule has 7 nitrogen and oxygen atoms in total. The van der Waals surface area contributed by atoms with Gasteiger partial charge in [0.2, 0.25) is 0 Å². The molecule has 1 atom stereocenters. The molecule has 0 bridgehead atoms. The number of urea groups is 1. The molecule has 1 unspecified atom stereocenters. The highest BCUT2D eigenvalue weighted by Crippen LogP contribution is 2.30. The lowest BCUT2D eigenvalue weighted by molar-refractivity contribution is 0.0707. The molecular formula is C22H28N4O3. The zero-order chi connectivity index (χ0) is 20.1. The van der Waals surface area contributed by atoms with Crippen LogP contribution in [-0.2, 0) is 6.54 Å². The van der Waals surface area contributed by atoms with Gasteiger partial charge in [-0.25, -0.2) is 4.79 Å². The van der Waals surface area contributed by atoms with E-state index < -0.39 is 0 Å². The summed E-state index contributed by atoms with van der Waals surface area (Å²) in [4.78, 5) is 20.8. The Morgan fingerprint density at radius 2 is 1.90 bits per heavy atom. The van der Waals surface area contributed by atoms with Crippen LogP contribution < -0.4 is 14.8 Å². The molecule has 2 aromatic rings. The van der Waals surface area contributed by atoms with Crippen LogP contribution >= 0.6 is 0 Å². The number of pyridine rings is 1. The van der Waals surface area contributed by atoms with Crippen LogP contribution in [0.2, 0.25) is 0 Å². The number of nitrogens with one attached hydrogen (secondary N) is 1. The number of carbonyl (C=O) groups excluding carboxylic acids is 1. The maximum Gasteiger partial charge on any atom is 0.317 e. The van der Waals surface area contributed by atoms with Gasteiger partial charge in [-0.05, 0) is 42.7 Å². The second kappa shape index (κ2) is 9.13. The highest BCUT2D eigenvalue weighted by atomic mass is 16.6. The van der Waals surface area contributed by atoms with E-state index in [1.165, 1.54) is 5.56 Å². The SMILES string of the molecule is CN(CC1COc2ccccc2O1)C(=O)NC1CCN(Cc2ccncc2)CC1. The van der Waals surface area contributed by atoms with Gasteiger partial charge < -0.3 is 19.7 Å². The number of hydrogen-bond donors (Lipinski definition) is 1. The molecule has 0 aliphatic carbocycles. The summed E-state index contributed by atoms with van der Waals surface area (Å²) in [5, 5.41) is 3.17. The lowest BCUT2D eigenvalue weighted by Gasteiger charge is -2.34. The van der Waals surface area contributed by atoms with Gasteiger partial charge in [-0.1, -0.05) is 12.1 Å². The van der Waals surface area contributed by atoms with Crippen LogP contribution in [0, 0.1) is 0 Å². The third kappa shape index (κ3) is 5.17. The minimum Gasteiger partial charge on any atom is -0.486 e. The van der Waals surface area contributed by atoms with Gasteiger partial charge in [-0.3, -0.25) is 9.88 Å². The Kier molecular flexibility index (Phi) is 6.14. The van der Waals surface area contributed by atoms with Gasteiger partial charge in [0.15, 0.2) is 17.6 Å². The van der Waals surface area contributed by atoms with E-state index in [4.69, 9.17) is 9.47 Å². The van der Waals surface area contributed by atoms with Crippen LogP contribution in [0.3, 0.4) is 0 Å². The first-order chi connectivity index (χ1) is 14.2. The number of piperidine rings is 1. The molecule has 1 aromatic heterocycles. The number of benzene rings is 1. The van der Waals surface area contributed by atoms with E-state index in [1.807, 2.05) is 36.7 Å². The molecule has 0 spiro atoms. The maximum absolute atomic E-state index is 12.6. The number of aromatic nitrogens is 1. The molecule has 3 heterocycles. The largest absolute Gasteiger partial charge is 0.486 e. The van der Waals surface area contributed by atoms with Crippen molar-refractivity contribution in [1.82, 2.24) is 20.1 Å². The van der Waals surface area contributed by atoms with Crippen LogP contribution in [0.5, 0.6) is 11.5 Å². The predicted molar refractivity (Wildman–Crippen MR) is 110 cm³/mol. The second-order valence-electron chi connectivity index (χ2n) is 7.73. The summed E-state index contributed by atoms with van der Waals surface area (Å²) in [7, 11) is 1.80. The van der Waals surface area contributed by atoms with Crippen molar-refractivity contribution in [3.05, 3.63) is 54.4 Å². The van der Waals surface area contributed by atoms with Gasteiger partial charge in [0.25, 0.3) is 0 Å². The van der Waals surface area contributed by atoms with E-state index in [-0.39, 0.29) is 18.2 Å². The molecule has 2 aliphatic rings. The first-order valence-corrected chi connectivity index (χ1v) is 10.2. The average Bonchev–Trinajstić information content (AvgIpc) is 2.76. The standard InChI is InChI=1S/C22H28N4O3/c1-25(15-19-16-28-20-4-2-3-5-21(20)29-19)22(27)24-18-8-12-26(13-9-18)14-17-6-10-23-11-7-17/h2-7,10-11,18-19H,8-9,12-16H2,1H3,(H,24,27). The van der Waals surface area contributed by atoms with E-state index in [2.05, 4.69) is 27.3 Å². The zero-order valence-corrected chi connectivity index (χ0v) is 16.8. The number of nitrogens with zero attached hydrogens (tertiary/aromatic N) is 3. The third-order valence-electron chi connectivity index (χ3n) is 5.46. The summed E-state index contributed by atoms with van der Waals surface area (Å²) >= 11 is 0. The van der Waals surface area contributed by atoms with E-state index in [0.29, 0.717) is 13.2 Å². The van der Waals surface area contributed by atoms with Crippen LogP contribution in [0.15, 0.2) is 48.8 Å². The van der Waals surface area contributed by atoms with Gasteiger partial charge in [-0.15, -0.1) is 0 Å². The molecule has 154 valence electrons. The highest BCUT2D eigenvalue weighted by Gasteiger charge is 2.26. The Morgan fingerprint density at radius 1 is 1.17 bits per heavy atom. The van der Waals surface area contributed by atoms with Gasteiger partial charge in [0, 0.05) is 45.1 Å². The van der Waals surface area contributed by atoms with E-state index >= 15 is 0 Å². The summed E-state index contributed by atoms with van der Waals surface area (Å²) in [6.45, 7) is 3.83. The molecule has 0 saturated carbocycles. The number of rotatable bonds is 5. The molecular weight excluding hydrogens is 368 g/mol. The summed E-state index contributed by atoms with van der Waals surface area (Å²) in [6, 6.07) is 11.9. The van der Waals surface area contributed by atoms with E-state index in [9.17, 15) is 4.79 Å². The van der Waals surface area contributed by atoms with E-state index in [0.717, 1.165) is 44.0 Å². The number of likely N-dealkylation sites (tertiary alicyclic amines) is 1. The average molecular weight is 396 g/mol. The fourth-order valence-electron chi connectivity index (χ4n) is 3.81. The van der Waals surface area contributed by atoms with E-state index in [1.54, 1.807) is 11.9 Å². The van der Waals surface area contributed by atoms with Crippen LogP contribution in [0.1, 0.15) is 18.4 Å². The van der Waals surface area contributed by atoms with Gasteiger partial charge >= 0.3 is 6.03 Å². The number of likely N-dealkylation sites (N-methyl/N-ethyl adjacent to an activating group) is 1. The van der Waals surface area contributed by atoms with Crippen molar-refractivity contribution >= 4 is 6.03 Å².